The van der Waals surface area contributed by atoms with Crippen LogP contribution in [-0.4, -0.2) is 9.97 Å². The van der Waals surface area contributed by atoms with Crippen molar-refractivity contribution in [2.24, 2.45) is 0 Å². The van der Waals surface area contributed by atoms with Crippen LogP contribution in [0.5, 0.6) is 0 Å². The quantitative estimate of drug-likeness (QED) is 0.744. The van der Waals surface area contributed by atoms with Crippen molar-refractivity contribution in [3.05, 3.63) is 25.6 Å². The highest BCUT2D eigenvalue weighted by molar-refractivity contribution is 14.1. The van der Waals surface area contributed by atoms with E-state index in [4.69, 9.17) is 0 Å². The average Bonchev–Trinajstić information content (AvgIpc) is 2.34. The second kappa shape index (κ2) is 2.56. The zero-order valence-electron chi connectivity index (χ0n) is 5.30. The van der Waals surface area contributed by atoms with E-state index in [0.29, 0.717) is 5.39 Å². The van der Waals surface area contributed by atoms with E-state index in [9.17, 15) is 4.79 Å². The molecule has 0 amide bonds. The van der Waals surface area contributed by atoms with Gasteiger partial charge in [-0.1, -0.05) is 0 Å². The fourth-order valence-electron chi connectivity index (χ4n) is 0.850. The Kier molecular flexibility index (Phi) is 1.68. The Morgan fingerprint density at radius 1 is 1.64 bits per heavy atom. The number of nitrogens with zero attached hydrogens (tertiary/aromatic N) is 1. The molecule has 2 aromatic heterocycles. The van der Waals surface area contributed by atoms with Crippen LogP contribution in [0.1, 0.15) is 0 Å². The highest BCUT2D eigenvalue weighted by Crippen LogP contribution is 2.21. The van der Waals surface area contributed by atoms with E-state index in [0.717, 1.165) is 8.40 Å². The smallest absolute Gasteiger partial charge is 0.260 e. The molecule has 2 rings (SSSR count). The fraction of sp³-hybridized carbons (Fsp3) is 0. The monoisotopic (exact) mass is 278 g/mol. The third-order valence-corrected chi connectivity index (χ3v) is 3.49. The highest BCUT2D eigenvalue weighted by atomic mass is 127. The number of nitrogens with one attached hydrogen (secondary N) is 1. The first-order valence-corrected chi connectivity index (χ1v) is 4.85. The summed E-state index contributed by atoms with van der Waals surface area (Å²) in [4.78, 5) is 18.5. The number of rotatable bonds is 0. The van der Waals surface area contributed by atoms with Gasteiger partial charge >= 0.3 is 0 Å². The zero-order chi connectivity index (χ0) is 7.84. The lowest BCUT2D eigenvalue weighted by Gasteiger charge is -1.85. The predicted octanol–water partition coefficient (Wildman–Crippen LogP) is 1.59. The molecule has 0 aliphatic rings. The molecule has 2 heterocycles. The summed E-state index contributed by atoms with van der Waals surface area (Å²) in [5.74, 6) is 0. The van der Waals surface area contributed by atoms with Crippen molar-refractivity contribution in [3.8, 4) is 0 Å². The summed E-state index contributed by atoms with van der Waals surface area (Å²) >= 11 is 3.62. The maximum atomic E-state index is 11.2. The number of aromatic amines is 1. The molecule has 0 bridgehead atoms. The number of H-pyrrole nitrogens is 1. The number of halogens is 1. The van der Waals surface area contributed by atoms with Gasteiger partial charge in [-0.3, -0.25) is 4.79 Å². The maximum Gasteiger partial charge on any atom is 0.260 e. The molecular weight excluding hydrogens is 275 g/mol. The number of hydrogen-bond donors (Lipinski definition) is 1. The van der Waals surface area contributed by atoms with Crippen LogP contribution in [0, 0.1) is 3.57 Å². The molecule has 0 fully saturated rings. The molecule has 56 valence electrons. The Labute approximate surface area is 79.6 Å². The highest BCUT2D eigenvalue weighted by Gasteiger charge is 2.04. The molecule has 0 saturated carbocycles. The molecule has 0 aliphatic heterocycles. The van der Waals surface area contributed by atoms with Crippen LogP contribution in [0.15, 0.2) is 16.5 Å². The van der Waals surface area contributed by atoms with Gasteiger partial charge in [-0.15, -0.1) is 11.3 Å². The first-order valence-electron chi connectivity index (χ1n) is 2.89. The molecule has 0 aromatic carbocycles. The van der Waals surface area contributed by atoms with Gasteiger partial charge in [0.1, 0.15) is 4.83 Å². The predicted molar refractivity (Wildman–Crippen MR) is 53.0 cm³/mol. The van der Waals surface area contributed by atoms with E-state index >= 15 is 0 Å². The number of thiophene rings is 1. The summed E-state index contributed by atoms with van der Waals surface area (Å²) in [6, 6.07) is 0. The minimum atomic E-state index is -0.0550. The van der Waals surface area contributed by atoms with Crippen LogP contribution >= 0.6 is 33.9 Å². The molecule has 0 spiro atoms. The van der Waals surface area contributed by atoms with Crippen molar-refractivity contribution in [1.82, 2.24) is 9.97 Å². The Hall–Kier alpha value is -0.430. The molecule has 0 radical (unpaired) electrons. The lowest BCUT2D eigenvalue weighted by molar-refractivity contribution is 1.18. The summed E-state index contributed by atoms with van der Waals surface area (Å²) in [6.07, 6.45) is 1.43. The number of fused-ring (bicyclic) bond motifs is 1. The third kappa shape index (κ3) is 1.08. The molecule has 0 saturated heterocycles. The second-order valence-electron chi connectivity index (χ2n) is 2.00. The summed E-state index contributed by atoms with van der Waals surface area (Å²) in [5.41, 5.74) is -0.0550. The lowest BCUT2D eigenvalue weighted by atomic mass is 10.4. The van der Waals surface area contributed by atoms with Gasteiger partial charge in [0.25, 0.3) is 5.56 Å². The van der Waals surface area contributed by atoms with Crippen LogP contribution in [0.4, 0.5) is 0 Å². The number of hydrogen-bond acceptors (Lipinski definition) is 3. The van der Waals surface area contributed by atoms with Crippen LogP contribution < -0.4 is 5.56 Å². The molecule has 5 heteroatoms. The van der Waals surface area contributed by atoms with Crippen LogP contribution in [0.3, 0.4) is 0 Å². The molecule has 1 N–H and O–H groups in total. The van der Waals surface area contributed by atoms with Gasteiger partial charge in [-0.25, -0.2) is 4.98 Å². The van der Waals surface area contributed by atoms with Gasteiger partial charge in [-0.05, 0) is 22.6 Å². The SMILES string of the molecule is O=c1[nH]cnc2scc(I)c12. The van der Waals surface area contributed by atoms with Crippen LogP contribution in [0.2, 0.25) is 0 Å². The Bertz CT molecular complexity index is 447. The van der Waals surface area contributed by atoms with Crippen LogP contribution in [0.25, 0.3) is 10.2 Å². The van der Waals surface area contributed by atoms with Gasteiger partial charge in [0, 0.05) is 8.95 Å². The second-order valence-corrected chi connectivity index (χ2v) is 4.02. The van der Waals surface area contributed by atoms with Gasteiger partial charge in [-0.2, -0.15) is 0 Å². The summed E-state index contributed by atoms with van der Waals surface area (Å²) in [6.45, 7) is 0. The zero-order valence-corrected chi connectivity index (χ0v) is 8.27. The van der Waals surface area contributed by atoms with Crippen molar-refractivity contribution in [2.45, 2.75) is 0 Å². The summed E-state index contributed by atoms with van der Waals surface area (Å²) in [5, 5.41) is 2.63. The van der Waals surface area contributed by atoms with E-state index in [-0.39, 0.29) is 5.56 Å². The van der Waals surface area contributed by atoms with Gasteiger partial charge in [0.2, 0.25) is 0 Å². The van der Waals surface area contributed by atoms with Crippen molar-refractivity contribution < 1.29 is 0 Å². The molecule has 0 aliphatic carbocycles. The van der Waals surface area contributed by atoms with Gasteiger partial charge < -0.3 is 4.98 Å². The van der Waals surface area contributed by atoms with E-state index in [2.05, 4.69) is 32.6 Å². The average molecular weight is 278 g/mol. The molecule has 0 unspecified atom stereocenters. The van der Waals surface area contributed by atoms with Crippen molar-refractivity contribution >= 4 is 44.1 Å². The minimum Gasteiger partial charge on any atom is -0.313 e. The van der Waals surface area contributed by atoms with E-state index in [1.807, 2.05) is 5.38 Å². The fourth-order valence-corrected chi connectivity index (χ4v) is 2.68. The minimum absolute atomic E-state index is 0.0550. The Morgan fingerprint density at radius 2 is 2.45 bits per heavy atom. The topological polar surface area (TPSA) is 45.8 Å². The van der Waals surface area contributed by atoms with Crippen LogP contribution in [-0.2, 0) is 0 Å². The van der Waals surface area contributed by atoms with Crippen molar-refractivity contribution in [3.63, 3.8) is 0 Å². The Morgan fingerprint density at radius 3 is 3.18 bits per heavy atom. The first-order chi connectivity index (χ1) is 5.29. The molecule has 11 heavy (non-hydrogen) atoms. The summed E-state index contributed by atoms with van der Waals surface area (Å²) < 4.78 is 0.969. The van der Waals surface area contributed by atoms with Gasteiger partial charge in [0.05, 0.1) is 11.7 Å². The molecule has 0 atom stereocenters. The maximum absolute atomic E-state index is 11.2. The van der Waals surface area contributed by atoms with E-state index in [1.165, 1.54) is 17.7 Å². The number of aromatic nitrogens is 2. The normalized spacial score (nSPS) is 10.6. The molecule has 2 aromatic rings. The van der Waals surface area contributed by atoms with Crippen molar-refractivity contribution in [2.75, 3.05) is 0 Å². The largest absolute Gasteiger partial charge is 0.313 e. The van der Waals surface area contributed by atoms with E-state index in [1.54, 1.807) is 0 Å². The Balaban J connectivity index is 3.08. The standard InChI is InChI=1S/C6H3IN2OS/c7-3-1-11-6-4(3)5(10)8-2-9-6/h1-2H,(H,8,9,10). The van der Waals surface area contributed by atoms with Gasteiger partial charge in [0.15, 0.2) is 0 Å². The summed E-state index contributed by atoms with van der Waals surface area (Å²) in [7, 11) is 0. The lowest BCUT2D eigenvalue weighted by Crippen LogP contribution is -2.05. The molecule has 3 nitrogen and oxygen atoms in total. The third-order valence-electron chi connectivity index (χ3n) is 1.33. The first kappa shape index (κ1) is 7.23. The van der Waals surface area contributed by atoms with Crippen molar-refractivity contribution in [1.29, 1.82) is 0 Å². The van der Waals surface area contributed by atoms with E-state index < -0.39 is 0 Å². The molecular formula is C6H3IN2OS.